The van der Waals surface area contributed by atoms with Crippen LogP contribution in [-0.4, -0.2) is 32.5 Å². The van der Waals surface area contributed by atoms with Gasteiger partial charge in [-0.1, -0.05) is 13.8 Å². The Morgan fingerprint density at radius 1 is 1.14 bits per heavy atom. The molecule has 1 aromatic rings. The fourth-order valence-electron chi connectivity index (χ4n) is 2.29. The Morgan fingerprint density at radius 3 is 2.27 bits per heavy atom. The first-order valence-electron chi connectivity index (χ1n) is 7.74. The van der Waals surface area contributed by atoms with Gasteiger partial charge in [-0.25, -0.2) is 0 Å². The number of amides is 2. The molecule has 22 heavy (non-hydrogen) atoms. The molecule has 1 aliphatic rings. The van der Waals surface area contributed by atoms with Crippen molar-refractivity contribution in [3.05, 3.63) is 24.3 Å². The Kier molecular flexibility index (Phi) is 5.06. The van der Waals surface area contributed by atoms with Gasteiger partial charge in [-0.2, -0.15) is 0 Å². The van der Waals surface area contributed by atoms with Gasteiger partial charge >= 0.3 is 0 Å². The number of benzene rings is 1. The van der Waals surface area contributed by atoms with Crippen LogP contribution in [0.3, 0.4) is 0 Å². The second-order valence-electron chi connectivity index (χ2n) is 6.52. The maximum absolute atomic E-state index is 12.1. The van der Waals surface area contributed by atoms with E-state index in [0.29, 0.717) is 18.9 Å². The Balaban J connectivity index is 1.82. The van der Waals surface area contributed by atoms with Crippen molar-refractivity contribution in [2.45, 2.75) is 20.3 Å². The molecule has 120 valence electrons. The highest BCUT2D eigenvalue weighted by Gasteiger charge is 2.47. The third-order valence-corrected chi connectivity index (χ3v) is 3.80. The van der Waals surface area contributed by atoms with Crippen LogP contribution < -0.4 is 15.5 Å². The molecular weight excluding hydrogens is 278 g/mol. The number of nitrogens with one attached hydrogen (secondary N) is 2. The number of hydrogen-bond donors (Lipinski definition) is 2. The van der Waals surface area contributed by atoms with E-state index < -0.39 is 0 Å². The molecule has 1 aromatic carbocycles. The van der Waals surface area contributed by atoms with Gasteiger partial charge < -0.3 is 15.5 Å². The molecule has 0 bridgehead atoms. The molecular formula is C17H25N3O2. The zero-order valence-electron chi connectivity index (χ0n) is 13.7. The summed E-state index contributed by atoms with van der Waals surface area (Å²) in [7, 11) is 3.94. The van der Waals surface area contributed by atoms with E-state index in [1.807, 2.05) is 43.3 Å². The number of hydrogen-bond acceptors (Lipinski definition) is 3. The number of carbonyl (C=O) groups excluding carboxylic acids is 2. The molecule has 0 heterocycles. The molecule has 0 aliphatic heterocycles. The van der Waals surface area contributed by atoms with Gasteiger partial charge in [0.2, 0.25) is 11.8 Å². The molecule has 0 spiro atoms. The highest BCUT2D eigenvalue weighted by Crippen LogP contribution is 2.39. The van der Waals surface area contributed by atoms with Crippen molar-refractivity contribution in [1.82, 2.24) is 5.32 Å². The van der Waals surface area contributed by atoms with E-state index in [4.69, 9.17) is 0 Å². The van der Waals surface area contributed by atoms with Crippen LogP contribution in [-0.2, 0) is 9.59 Å². The summed E-state index contributed by atoms with van der Waals surface area (Å²) < 4.78 is 0. The molecule has 2 atom stereocenters. The van der Waals surface area contributed by atoms with Crippen LogP contribution in [0.4, 0.5) is 11.4 Å². The first-order chi connectivity index (χ1) is 10.4. The zero-order valence-corrected chi connectivity index (χ0v) is 13.7. The third kappa shape index (κ3) is 4.23. The standard InChI is InChI=1S/C17H25N3O2/c1-11(2)10-18-16(21)14-9-15(14)17(22)19-12-5-7-13(8-6-12)20(3)4/h5-8,11,14-15H,9-10H2,1-4H3,(H,18,21)(H,19,22). The fraction of sp³-hybridized carbons (Fsp3) is 0.529. The molecule has 2 rings (SSSR count). The summed E-state index contributed by atoms with van der Waals surface area (Å²) in [6.45, 7) is 4.76. The van der Waals surface area contributed by atoms with E-state index in [0.717, 1.165) is 11.4 Å². The van der Waals surface area contributed by atoms with Crippen LogP contribution in [0.1, 0.15) is 20.3 Å². The lowest BCUT2D eigenvalue weighted by molar-refractivity contribution is -0.125. The van der Waals surface area contributed by atoms with Crippen molar-refractivity contribution in [3.8, 4) is 0 Å². The van der Waals surface area contributed by atoms with E-state index >= 15 is 0 Å². The highest BCUT2D eigenvalue weighted by molar-refractivity contribution is 5.99. The summed E-state index contributed by atoms with van der Waals surface area (Å²) in [6, 6.07) is 7.66. The van der Waals surface area contributed by atoms with E-state index in [1.165, 1.54) is 0 Å². The second kappa shape index (κ2) is 6.81. The van der Waals surface area contributed by atoms with Gasteiger partial charge in [-0.3, -0.25) is 9.59 Å². The Labute approximate surface area is 132 Å². The maximum atomic E-state index is 12.1. The largest absolute Gasteiger partial charge is 0.378 e. The molecule has 1 fully saturated rings. The number of anilines is 2. The zero-order chi connectivity index (χ0) is 16.3. The lowest BCUT2D eigenvalue weighted by atomic mass is 10.2. The minimum Gasteiger partial charge on any atom is -0.378 e. The fourth-order valence-corrected chi connectivity index (χ4v) is 2.29. The SMILES string of the molecule is CC(C)CNC(=O)C1CC1C(=O)Nc1ccc(N(C)C)cc1. The minimum atomic E-state index is -0.194. The lowest BCUT2D eigenvalue weighted by Gasteiger charge is -2.13. The van der Waals surface area contributed by atoms with Crippen molar-refractivity contribution in [3.63, 3.8) is 0 Å². The number of nitrogens with zero attached hydrogens (tertiary/aromatic N) is 1. The number of carbonyl (C=O) groups is 2. The molecule has 0 radical (unpaired) electrons. The lowest BCUT2D eigenvalue weighted by Crippen LogP contribution is -2.30. The monoisotopic (exact) mass is 303 g/mol. The predicted octanol–water partition coefficient (Wildman–Crippen LogP) is 2.10. The van der Waals surface area contributed by atoms with Gasteiger partial charge in [-0.05, 0) is 36.6 Å². The Hall–Kier alpha value is -2.04. The van der Waals surface area contributed by atoms with Crippen molar-refractivity contribution in [2.24, 2.45) is 17.8 Å². The third-order valence-electron chi connectivity index (χ3n) is 3.80. The molecule has 5 heteroatoms. The predicted molar refractivity (Wildman–Crippen MR) is 88.8 cm³/mol. The molecule has 0 saturated heterocycles. The van der Waals surface area contributed by atoms with Crippen LogP contribution in [0.25, 0.3) is 0 Å². The van der Waals surface area contributed by atoms with Crippen LogP contribution >= 0.6 is 0 Å². The van der Waals surface area contributed by atoms with E-state index in [9.17, 15) is 9.59 Å². The molecule has 2 N–H and O–H groups in total. The van der Waals surface area contributed by atoms with Gasteiger partial charge in [0.15, 0.2) is 0 Å². The van der Waals surface area contributed by atoms with E-state index in [1.54, 1.807) is 0 Å². The molecule has 2 unspecified atom stereocenters. The molecule has 0 aromatic heterocycles. The quantitative estimate of drug-likeness (QED) is 0.846. The summed E-state index contributed by atoms with van der Waals surface area (Å²) >= 11 is 0. The van der Waals surface area contributed by atoms with Crippen LogP contribution in [0.2, 0.25) is 0 Å². The summed E-state index contributed by atoms with van der Waals surface area (Å²) in [5.41, 5.74) is 1.85. The van der Waals surface area contributed by atoms with Crippen LogP contribution in [0, 0.1) is 17.8 Å². The van der Waals surface area contributed by atoms with Crippen molar-refractivity contribution in [2.75, 3.05) is 30.9 Å². The minimum absolute atomic E-state index is 0.00296. The van der Waals surface area contributed by atoms with E-state index in [2.05, 4.69) is 24.5 Å². The molecule has 5 nitrogen and oxygen atoms in total. The second-order valence-corrected chi connectivity index (χ2v) is 6.52. The van der Waals surface area contributed by atoms with Crippen molar-refractivity contribution in [1.29, 1.82) is 0 Å². The Bertz CT molecular complexity index is 537. The summed E-state index contributed by atoms with van der Waals surface area (Å²) in [4.78, 5) is 26.0. The van der Waals surface area contributed by atoms with Gasteiger partial charge in [0, 0.05) is 32.0 Å². The smallest absolute Gasteiger partial charge is 0.228 e. The van der Waals surface area contributed by atoms with Crippen LogP contribution in [0.5, 0.6) is 0 Å². The summed E-state index contributed by atoms with van der Waals surface area (Å²) in [5, 5.41) is 5.77. The van der Waals surface area contributed by atoms with Gasteiger partial charge in [0.1, 0.15) is 0 Å². The van der Waals surface area contributed by atoms with Crippen LogP contribution in [0.15, 0.2) is 24.3 Å². The van der Waals surface area contributed by atoms with Gasteiger partial charge in [0.25, 0.3) is 0 Å². The summed E-state index contributed by atoms with van der Waals surface area (Å²) in [6.07, 6.45) is 0.644. The highest BCUT2D eigenvalue weighted by atomic mass is 16.2. The first-order valence-corrected chi connectivity index (χ1v) is 7.74. The molecule has 1 saturated carbocycles. The molecule has 1 aliphatic carbocycles. The first kappa shape index (κ1) is 16.3. The normalized spacial score (nSPS) is 19.7. The Morgan fingerprint density at radius 2 is 1.73 bits per heavy atom. The van der Waals surface area contributed by atoms with Crippen molar-refractivity contribution < 1.29 is 9.59 Å². The summed E-state index contributed by atoms with van der Waals surface area (Å²) in [5.74, 6) is -0.00946. The number of rotatable bonds is 6. The van der Waals surface area contributed by atoms with Gasteiger partial charge in [-0.15, -0.1) is 0 Å². The van der Waals surface area contributed by atoms with Gasteiger partial charge in [0.05, 0.1) is 11.8 Å². The topological polar surface area (TPSA) is 61.4 Å². The van der Waals surface area contributed by atoms with E-state index in [-0.39, 0.29) is 23.7 Å². The molecule has 2 amide bonds. The average molecular weight is 303 g/mol. The maximum Gasteiger partial charge on any atom is 0.228 e. The van der Waals surface area contributed by atoms with Crippen molar-refractivity contribution >= 4 is 23.2 Å². The average Bonchev–Trinajstić information content (AvgIpc) is 3.25.